The smallest absolute Gasteiger partial charge is 0.374 e. The standard InChI is InChI=1S/C13H14Br2O4/c1-8-6-9(14)12(10(15)7-8)19-5-3-4-11(16)13(17)18-2/h6-7H,3-5H2,1-2H3. The minimum absolute atomic E-state index is 0.119. The zero-order valence-corrected chi connectivity index (χ0v) is 13.8. The summed E-state index contributed by atoms with van der Waals surface area (Å²) in [4.78, 5) is 22.1. The third-order valence-electron chi connectivity index (χ3n) is 2.35. The number of carbonyl (C=O) groups excluding carboxylic acids is 2. The molecular weight excluding hydrogens is 380 g/mol. The summed E-state index contributed by atoms with van der Waals surface area (Å²) < 4.78 is 11.6. The Morgan fingerprint density at radius 1 is 1.21 bits per heavy atom. The van der Waals surface area contributed by atoms with Crippen LogP contribution in [-0.4, -0.2) is 25.5 Å². The summed E-state index contributed by atoms with van der Waals surface area (Å²) in [6.45, 7) is 2.33. The molecule has 1 rings (SSSR count). The van der Waals surface area contributed by atoms with Gasteiger partial charge in [0.05, 0.1) is 22.7 Å². The van der Waals surface area contributed by atoms with Crippen LogP contribution in [0.1, 0.15) is 18.4 Å². The topological polar surface area (TPSA) is 52.6 Å². The van der Waals surface area contributed by atoms with E-state index in [1.54, 1.807) is 0 Å². The molecule has 0 heterocycles. The summed E-state index contributed by atoms with van der Waals surface area (Å²) in [5.74, 6) is -0.651. The largest absolute Gasteiger partial charge is 0.491 e. The van der Waals surface area contributed by atoms with Crippen LogP contribution in [0.2, 0.25) is 0 Å². The molecule has 4 nitrogen and oxygen atoms in total. The quantitative estimate of drug-likeness (QED) is 0.422. The Kier molecular flexibility index (Phi) is 6.51. The summed E-state index contributed by atoms with van der Waals surface area (Å²) in [7, 11) is 1.19. The lowest BCUT2D eigenvalue weighted by atomic mass is 10.2. The first-order chi connectivity index (χ1) is 8.95. The van der Waals surface area contributed by atoms with Gasteiger partial charge < -0.3 is 9.47 Å². The highest BCUT2D eigenvalue weighted by molar-refractivity contribution is 9.11. The van der Waals surface area contributed by atoms with Crippen LogP contribution in [0.15, 0.2) is 21.1 Å². The molecule has 0 aromatic heterocycles. The molecule has 0 N–H and O–H groups in total. The zero-order valence-electron chi connectivity index (χ0n) is 10.7. The van der Waals surface area contributed by atoms with Gasteiger partial charge in [-0.1, -0.05) is 0 Å². The first-order valence-corrected chi connectivity index (χ1v) is 7.24. The molecule has 0 bridgehead atoms. The zero-order chi connectivity index (χ0) is 14.4. The second-order valence-corrected chi connectivity index (χ2v) is 5.63. The number of ketones is 1. The summed E-state index contributed by atoms with van der Waals surface area (Å²) in [6, 6.07) is 3.89. The molecule has 1 aromatic carbocycles. The Bertz CT molecular complexity index is 463. The molecule has 0 unspecified atom stereocenters. The van der Waals surface area contributed by atoms with Gasteiger partial charge in [0.1, 0.15) is 5.75 Å². The molecular formula is C13H14Br2O4. The maximum absolute atomic E-state index is 11.2. The van der Waals surface area contributed by atoms with E-state index < -0.39 is 11.8 Å². The van der Waals surface area contributed by atoms with Gasteiger partial charge in [0.2, 0.25) is 5.78 Å². The summed E-state index contributed by atoms with van der Waals surface area (Å²) in [6.07, 6.45) is 0.578. The molecule has 104 valence electrons. The third-order valence-corrected chi connectivity index (χ3v) is 3.53. The molecule has 0 radical (unpaired) electrons. The fraction of sp³-hybridized carbons (Fsp3) is 0.385. The van der Waals surface area contributed by atoms with E-state index in [4.69, 9.17) is 4.74 Å². The van der Waals surface area contributed by atoms with Gasteiger partial charge in [-0.3, -0.25) is 4.79 Å². The number of Topliss-reactive ketones (excluding diaryl/α,β-unsaturated/α-hetero) is 1. The number of halogens is 2. The van der Waals surface area contributed by atoms with Crippen LogP contribution in [0.25, 0.3) is 0 Å². The van der Waals surface area contributed by atoms with Crippen LogP contribution in [0, 0.1) is 6.92 Å². The molecule has 1 aromatic rings. The molecule has 0 saturated heterocycles. The van der Waals surface area contributed by atoms with E-state index in [1.165, 1.54) is 7.11 Å². The second kappa shape index (κ2) is 7.65. The average molecular weight is 394 g/mol. The molecule has 0 spiro atoms. The van der Waals surface area contributed by atoms with Gasteiger partial charge in [-0.2, -0.15) is 0 Å². The van der Waals surface area contributed by atoms with Gasteiger partial charge in [0, 0.05) is 6.42 Å². The highest BCUT2D eigenvalue weighted by atomic mass is 79.9. The normalized spacial score (nSPS) is 10.1. The molecule has 0 aliphatic heterocycles. The Morgan fingerprint density at radius 3 is 2.32 bits per heavy atom. The number of hydrogen-bond donors (Lipinski definition) is 0. The Labute approximate surface area is 128 Å². The van der Waals surface area contributed by atoms with Crippen molar-refractivity contribution < 1.29 is 19.1 Å². The third kappa shape index (κ3) is 4.95. The molecule has 0 amide bonds. The number of aryl methyl sites for hydroxylation is 1. The Hall–Kier alpha value is -0.880. The van der Waals surface area contributed by atoms with E-state index in [2.05, 4.69) is 36.6 Å². The lowest BCUT2D eigenvalue weighted by Crippen LogP contribution is -2.16. The fourth-order valence-corrected chi connectivity index (χ4v) is 3.09. The van der Waals surface area contributed by atoms with Crippen molar-refractivity contribution in [3.63, 3.8) is 0 Å². The van der Waals surface area contributed by atoms with Crippen LogP contribution in [-0.2, 0) is 14.3 Å². The summed E-state index contributed by atoms with van der Waals surface area (Å²) >= 11 is 6.83. The first kappa shape index (κ1) is 16.2. The van der Waals surface area contributed by atoms with Gasteiger partial charge in [-0.15, -0.1) is 0 Å². The van der Waals surface area contributed by atoms with Crippen molar-refractivity contribution in [2.24, 2.45) is 0 Å². The van der Waals surface area contributed by atoms with Crippen molar-refractivity contribution in [1.82, 2.24) is 0 Å². The molecule has 6 heteroatoms. The molecule has 0 aliphatic rings. The number of methoxy groups -OCH3 is 1. The van der Waals surface area contributed by atoms with Crippen molar-refractivity contribution in [1.29, 1.82) is 0 Å². The first-order valence-electron chi connectivity index (χ1n) is 5.65. The van der Waals surface area contributed by atoms with Crippen LogP contribution >= 0.6 is 31.9 Å². The highest BCUT2D eigenvalue weighted by Gasteiger charge is 2.13. The number of benzene rings is 1. The van der Waals surface area contributed by atoms with Crippen LogP contribution in [0.3, 0.4) is 0 Å². The average Bonchev–Trinajstić information content (AvgIpc) is 2.35. The maximum Gasteiger partial charge on any atom is 0.374 e. The lowest BCUT2D eigenvalue weighted by molar-refractivity contribution is -0.151. The van der Waals surface area contributed by atoms with Gasteiger partial charge >= 0.3 is 5.97 Å². The van der Waals surface area contributed by atoms with Crippen LogP contribution < -0.4 is 4.74 Å². The summed E-state index contributed by atoms with van der Waals surface area (Å²) in [5.41, 5.74) is 1.10. The maximum atomic E-state index is 11.2. The van der Waals surface area contributed by atoms with Crippen LogP contribution in [0.4, 0.5) is 0 Å². The van der Waals surface area contributed by atoms with Crippen molar-refractivity contribution in [3.8, 4) is 5.75 Å². The molecule has 0 saturated carbocycles. The van der Waals surface area contributed by atoms with Gasteiger partial charge in [-0.05, 0) is 62.9 Å². The van der Waals surface area contributed by atoms with Crippen molar-refractivity contribution >= 4 is 43.6 Å². The van der Waals surface area contributed by atoms with E-state index in [1.807, 2.05) is 19.1 Å². The molecule has 0 fully saturated rings. The van der Waals surface area contributed by atoms with Gasteiger partial charge in [-0.25, -0.2) is 4.79 Å². The van der Waals surface area contributed by atoms with Crippen molar-refractivity contribution in [3.05, 3.63) is 26.6 Å². The summed E-state index contributed by atoms with van der Waals surface area (Å²) in [5, 5.41) is 0. The van der Waals surface area contributed by atoms with E-state index in [9.17, 15) is 9.59 Å². The van der Waals surface area contributed by atoms with Gasteiger partial charge in [0.15, 0.2) is 0 Å². The molecule has 19 heavy (non-hydrogen) atoms. The van der Waals surface area contributed by atoms with E-state index >= 15 is 0 Å². The number of hydrogen-bond acceptors (Lipinski definition) is 4. The molecule has 0 aliphatic carbocycles. The Balaban J connectivity index is 2.46. The van der Waals surface area contributed by atoms with Crippen molar-refractivity contribution in [2.75, 3.05) is 13.7 Å². The van der Waals surface area contributed by atoms with Crippen molar-refractivity contribution in [2.45, 2.75) is 19.8 Å². The second-order valence-electron chi connectivity index (χ2n) is 3.92. The Morgan fingerprint density at radius 2 is 1.79 bits per heavy atom. The van der Waals surface area contributed by atoms with Gasteiger partial charge in [0.25, 0.3) is 0 Å². The number of rotatable bonds is 6. The minimum Gasteiger partial charge on any atom is -0.491 e. The lowest BCUT2D eigenvalue weighted by Gasteiger charge is -2.10. The predicted octanol–water partition coefficient (Wildman–Crippen LogP) is 3.42. The molecule has 0 atom stereocenters. The number of carbonyl (C=O) groups is 2. The van der Waals surface area contributed by atoms with E-state index in [0.29, 0.717) is 18.8 Å². The van der Waals surface area contributed by atoms with Crippen LogP contribution in [0.5, 0.6) is 5.75 Å². The number of esters is 1. The number of ether oxygens (including phenoxy) is 2. The monoisotopic (exact) mass is 392 g/mol. The SMILES string of the molecule is COC(=O)C(=O)CCCOc1c(Br)cc(C)cc1Br. The minimum atomic E-state index is -0.808. The highest BCUT2D eigenvalue weighted by Crippen LogP contribution is 2.34. The fourth-order valence-electron chi connectivity index (χ4n) is 1.45. The predicted molar refractivity (Wildman–Crippen MR) is 78.3 cm³/mol. The van der Waals surface area contributed by atoms with E-state index in [0.717, 1.165) is 14.5 Å². The van der Waals surface area contributed by atoms with E-state index in [-0.39, 0.29) is 6.42 Å².